The lowest BCUT2D eigenvalue weighted by Crippen LogP contribution is -2.32. The van der Waals surface area contributed by atoms with Crippen LogP contribution in [0.25, 0.3) is 0 Å². The Labute approximate surface area is 130 Å². The second kappa shape index (κ2) is 8.65. The largest absolute Gasteiger partial charge is 0.497 e. The smallest absolute Gasteiger partial charge is 0.119 e. The van der Waals surface area contributed by atoms with Gasteiger partial charge in [0.2, 0.25) is 0 Å². The number of nitrogens with one attached hydrogen (secondary N) is 1. The molecule has 0 spiro atoms. The van der Waals surface area contributed by atoms with E-state index in [-0.39, 0.29) is 0 Å². The lowest BCUT2D eigenvalue weighted by molar-refractivity contribution is 0.284. The molecule has 3 nitrogen and oxygen atoms in total. The first-order valence-electron chi connectivity index (χ1n) is 7.55. The van der Waals surface area contributed by atoms with Crippen LogP contribution in [0.4, 0.5) is 0 Å². The zero-order valence-corrected chi connectivity index (χ0v) is 13.9. The highest BCUT2D eigenvalue weighted by molar-refractivity contribution is 9.10. The van der Waals surface area contributed by atoms with Gasteiger partial charge in [-0.05, 0) is 49.7 Å². The number of likely N-dealkylation sites (tertiary alicyclic amines) is 1. The van der Waals surface area contributed by atoms with Crippen molar-refractivity contribution in [1.82, 2.24) is 10.2 Å². The fraction of sp³-hybridized carbons (Fsp3) is 0.625. The summed E-state index contributed by atoms with van der Waals surface area (Å²) in [5, 5.41) is 3.53. The normalized spacial score (nSPS) is 16.9. The lowest BCUT2D eigenvalue weighted by Gasteiger charge is -2.20. The van der Waals surface area contributed by atoms with Crippen LogP contribution in [0, 0.1) is 0 Å². The van der Waals surface area contributed by atoms with Gasteiger partial charge in [0.05, 0.1) is 7.11 Å². The molecule has 4 heteroatoms. The second-order valence-electron chi connectivity index (χ2n) is 5.39. The Bertz CT molecular complexity index is 403. The van der Waals surface area contributed by atoms with E-state index in [4.69, 9.17) is 4.74 Å². The first-order chi connectivity index (χ1) is 9.79. The Kier molecular flexibility index (Phi) is 6.83. The summed E-state index contributed by atoms with van der Waals surface area (Å²) < 4.78 is 6.41. The second-order valence-corrected chi connectivity index (χ2v) is 6.24. The molecular formula is C16H25BrN2O. The number of nitrogens with zero attached hydrogens (tertiary/aromatic N) is 1. The van der Waals surface area contributed by atoms with Crippen LogP contribution in [0.3, 0.4) is 0 Å². The maximum Gasteiger partial charge on any atom is 0.119 e. The summed E-state index contributed by atoms with van der Waals surface area (Å²) in [6, 6.07) is 6.11. The van der Waals surface area contributed by atoms with Crippen LogP contribution in [0.1, 0.15) is 31.2 Å². The Hall–Kier alpha value is -0.580. The van der Waals surface area contributed by atoms with Crippen molar-refractivity contribution in [2.75, 3.05) is 33.3 Å². The number of methoxy groups -OCH3 is 1. The van der Waals surface area contributed by atoms with E-state index in [1.165, 1.54) is 44.3 Å². The molecule has 0 aliphatic carbocycles. The van der Waals surface area contributed by atoms with E-state index in [1.807, 2.05) is 12.1 Å². The number of hydrogen-bond donors (Lipinski definition) is 1. The van der Waals surface area contributed by atoms with Gasteiger partial charge in [-0.15, -0.1) is 0 Å². The minimum Gasteiger partial charge on any atom is -0.497 e. The molecule has 1 aromatic rings. The molecule has 2 rings (SSSR count). The standard InChI is InChI=1S/C16H25BrN2O/c1-20-15-6-7-16(17)14(12-15)13-18-8-11-19-9-4-2-3-5-10-19/h6-7,12,18H,2-5,8-11,13H2,1H3. The number of ether oxygens (including phenoxy) is 1. The summed E-state index contributed by atoms with van der Waals surface area (Å²) in [6.07, 6.45) is 5.53. The van der Waals surface area contributed by atoms with Crippen molar-refractivity contribution in [3.05, 3.63) is 28.2 Å². The molecule has 1 aromatic carbocycles. The van der Waals surface area contributed by atoms with Gasteiger partial charge in [-0.2, -0.15) is 0 Å². The molecule has 1 heterocycles. The fourth-order valence-electron chi connectivity index (χ4n) is 2.63. The first-order valence-corrected chi connectivity index (χ1v) is 8.34. The quantitative estimate of drug-likeness (QED) is 0.803. The fourth-order valence-corrected chi connectivity index (χ4v) is 3.02. The summed E-state index contributed by atoms with van der Waals surface area (Å²) in [4.78, 5) is 2.58. The van der Waals surface area contributed by atoms with Gasteiger partial charge in [0.15, 0.2) is 0 Å². The van der Waals surface area contributed by atoms with Crippen molar-refractivity contribution in [2.24, 2.45) is 0 Å². The van der Waals surface area contributed by atoms with Crippen LogP contribution >= 0.6 is 15.9 Å². The summed E-state index contributed by atoms with van der Waals surface area (Å²) in [7, 11) is 1.71. The predicted molar refractivity (Wildman–Crippen MR) is 87.3 cm³/mol. The average Bonchev–Trinajstić information content (AvgIpc) is 2.74. The molecule has 0 radical (unpaired) electrons. The molecule has 0 unspecified atom stereocenters. The number of rotatable bonds is 6. The van der Waals surface area contributed by atoms with Gasteiger partial charge in [0.25, 0.3) is 0 Å². The zero-order valence-electron chi connectivity index (χ0n) is 12.3. The molecule has 1 aliphatic rings. The molecule has 20 heavy (non-hydrogen) atoms. The topological polar surface area (TPSA) is 24.5 Å². The Morgan fingerprint density at radius 3 is 2.65 bits per heavy atom. The van der Waals surface area contributed by atoms with Gasteiger partial charge in [0.1, 0.15) is 5.75 Å². The van der Waals surface area contributed by atoms with Gasteiger partial charge in [-0.1, -0.05) is 28.8 Å². The molecule has 0 aromatic heterocycles. The third-order valence-corrected chi connectivity index (χ3v) is 4.65. The molecule has 0 bridgehead atoms. The molecule has 0 atom stereocenters. The van der Waals surface area contributed by atoms with Crippen LogP contribution in [0.5, 0.6) is 5.75 Å². The highest BCUT2D eigenvalue weighted by Gasteiger charge is 2.08. The molecular weight excluding hydrogens is 316 g/mol. The van der Waals surface area contributed by atoms with E-state index in [2.05, 4.69) is 32.2 Å². The van der Waals surface area contributed by atoms with Gasteiger partial charge >= 0.3 is 0 Å². The minimum absolute atomic E-state index is 0.881. The maximum atomic E-state index is 5.27. The maximum absolute atomic E-state index is 5.27. The van der Waals surface area contributed by atoms with Crippen molar-refractivity contribution in [1.29, 1.82) is 0 Å². The number of hydrogen-bond acceptors (Lipinski definition) is 3. The minimum atomic E-state index is 0.881. The van der Waals surface area contributed by atoms with E-state index in [0.29, 0.717) is 0 Å². The van der Waals surface area contributed by atoms with Gasteiger partial charge in [-0.25, -0.2) is 0 Å². The summed E-state index contributed by atoms with van der Waals surface area (Å²) in [5.41, 5.74) is 1.25. The van der Waals surface area contributed by atoms with E-state index >= 15 is 0 Å². The Morgan fingerprint density at radius 1 is 1.20 bits per heavy atom. The molecule has 1 aliphatic heterocycles. The molecule has 1 saturated heterocycles. The van der Waals surface area contributed by atoms with E-state index in [1.54, 1.807) is 7.11 Å². The van der Waals surface area contributed by atoms with Crippen LogP contribution in [-0.2, 0) is 6.54 Å². The lowest BCUT2D eigenvalue weighted by atomic mass is 10.2. The van der Waals surface area contributed by atoms with Crippen molar-refractivity contribution < 1.29 is 4.74 Å². The van der Waals surface area contributed by atoms with E-state index in [9.17, 15) is 0 Å². The van der Waals surface area contributed by atoms with Crippen molar-refractivity contribution in [2.45, 2.75) is 32.2 Å². The summed E-state index contributed by atoms with van der Waals surface area (Å²) in [5.74, 6) is 0.914. The summed E-state index contributed by atoms with van der Waals surface area (Å²) >= 11 is 3.59. The summed E-state index contributed by atoms with van der Waals surface area (Å²) in [6.45, 7) is 5.62. The third kappa shape index (κ3) is 5.08. The van der Waals surface area contributed by atoms with Crippen LogP contribution in [0.15, 0.2) is 22.7 Å². The highest BCUT2D eigenvalue weighted by atomic mass is 79.9. The number of benzene rings is 1. The Balaban J connectivity index is 1.72. The van der Waals surface area contributed by atoms with Crippen molar-refractivity contribution in [3.8, 4) is 5.75 Å². The SMILES string of the molecule is COc1ccc(Br)c(CNCCN2CCCCCC2)c1. The molecule has 1 fully saturated rings. The van der Waals surface area contributed by atoms with Gasteiger partial charge in [-0.3, -0.25) is 0 Å². The van der Waals surface area contributed by atoms with Crippen molar-refractivity contribution in [3.63, 3.8) is 0 Å². The van der Waals surface area contributed by atoms with Gasteiger partial charge in [0, 0.05) is 24.1 Å². The van der Waals surface area contributed by atoms with Crippen LogP contribution in [0.2, 0.25) is 0 Å². The Morgan fingerprint density at radius 2 is 1.95 bits per heavy atom. The van der Waals surface area contributed by atoms with Crippen molar-refractivity contribution >= 4 is 15.9 Å². The van der Waals surface area contributed by atoms with Crippen LogP contribution in [-0.4, -0.2) is 38.2 Å². The number of halogens is 1. The third-order valence-electron chi connectivity index (χ3n) is 3.87. The monoisotopic (exact) mass is 340 g/mol. The van der Waals surface area contributed by atoms with E-state index in [0.717, 1.165) is 29.9 Å². The zero-order chi connectivity index (χ0) is 14.2. The molecule has 0 amide bonds. The van der Waals surface area contributed by atoms with Gasteiger partial charge < -0.3 is 15.0 Å². The van der Waals surface area contributed by atoms with Crippen LogP contribution < -0.4 is 10.1 Å². The molecule has 112 valence electrons. The van der Waals surface area contributed by atoms with E-state index < -0.39 is 0 Å². The predicted octanol–water partition coefficient (Wildman–Crippen LogP) is 3.42. The average molecular weight is 341 g/mol. The molecule has 1 N–H and O–H groups in total. The highest BCUT2D eigenvalue weighted by Crippen LogP contribution is 2.22. The first kappa shape index (κ1) is 15.8. The molecule has 0 saturated carbocycles.